The van der Waals surface area contributed by atoms with E-state index in [1.807, 2.05) is 35.7 Å². The van der Waals surface area contributed by atoms with Crippen LogP contribution in [-0.4, -0.2) is 40.4 Å². The molecule has 3 nitrogen and oxygen atoms in total. The maximum absolute atomic E-state index is 12.0. The molecule has 1 aromatic rings. The third kappa shape index (κ3) is 2.50. The standard InChI is InChI=1S/C11H14N2OS/c1-9-2-3-10(8-12-9)11(14)13-4-6-15-7-5-13/h2-3,8H,4-7H2,1H3. The number of hydrogen-bond acceptors (Lipinski definition) is 3. The monoisotopic (exact) mass is 222 g/mol. The highest BCUT2D eigenvalue weighted by molar-refractivity contribution is 7.99. The maximum Gasteiger partial charge on any atom is 0.255 e. The van der Waals surface area contributed by atoms with Crippen LogP contribution < -0.4 is 0 Å². The van der Waals surface area contributed by atoms with Crippen LogP contribution in [0.15, 0.2) is 18.3 Å². The van der Waals surface area contributed by atoms with E-state index >= 15 is 0 Å². The molecule has 1 aromatic heterocycles. The first-order valence-corrected chi connectivity index (χ1v) is 6.22. The summed E-state index contributed by atoms with van der Waals surface area (Å²) in [6, 6.07) is 3.73. The van der Waals surface area contributed by atoms with Crippen LogP contribution in [0.4, 0.5) is 0 Å². The summed E-state index contributed by atoms with van der Waals surface area (Å²) >= 11 is 1.90. The van der Waals surface area contributed by atoms with E-state index in [0.717, 1.165) is 30.3 Å². The molecule has 0 radical (unpaired) electrons. The summed E-state index contributed by atoms with van der Waals surface area (Å²) in [5.74, 6) is 2.21. The minimum absolute atomic E-state index is 0.114. The summed E-state index contributed by atoms with van der Waals surface area (Å²) in [7, 11) is 0. The lowest BCUT2D eigenvalue weighted by Crippen LogP contribution is -2.37. The predicted octanol–water partition coefficient (Wildman–Crippen LogP) is 1.58. The fourth-order valence-corrected chi connectivity index (χ4v) is 2.45. The van der Waals surface area contributed by atoms with Gasteiger partial charge in [0.2, 0.25) is 0 Å². The van der Waals surface area contributed by atoms with Gasteiger partial charge in [0.15, 0.2) is 0 Å². The molecule has 2 heterocycles. The van der Waals surface area contributed by atoms with Gasteiger partial charge >= 0.3 is 0 Å². The Bertz CT molecular complexity index is 344. The van der Waals surface area contributed by atoms with Crippen molar-refractivity contribution < 1.29 is 4.79 Å². The zero-order valence-electron chi connectivity index (χ0n) is 8.77. The first-order chi connectivity index (χ1) is 7.27. The Hall–Kier alpha value is -1.03. The van der Waals surface area contributed by atoms with Gasteiger partial charge in [-0.15, -0.1) is 0 Å². The van der Waals surface area contributed by atoms with E-state index in [-0.39, 0.29) is 5.91 Å². The van der Waals surface area contributed by atoms with Crippen molar-refractivity contribution in [1.29, 1.82) is 0 Å². The van der Waals surface area contributed by atoms with Crippen molar-refractivity contribution >= 4 is 17.7 Å². The molecule has 0 spiro atoms. The second-order valence-corrected chi connectivity index (χ2v) is 4.82. The molecule has 0 unspecified atom stereocenters. The van der Waals surface area contributed by atoms with Gasteiger partial charge in [0.1, 0.15) is 0 Å². The first-order valence-electron chi connectivity index (χ1n) is 5.07. The van der Waals surface area contributed by atoms with Gasteiger partial charge in [-0.1, -0.05) is 0 Å². The zero-order chi connectivity index (χ0) is 10.7. The number of carbonyl (C=O) groups excluding carboxylic acids is 1. The number of nitrogens with zero attached hydrogens (tertiary/aromatic N) is 2. The van der Waals surface area contributed by atoms with Crippen molar-refractivity contribution in [1.82, 2.24) is 9.88 Å². The first kappa shape index (κ1) is 10.5. The number of rotatable bonds is 1. The normalized spacial score (nSPS) is 16.5. The maximum atomic E-state index is 12.0. The van der Waals surface area contributed by atoms with Crippen molar-refractivity contribution in [3.05, 3.63) is 29.6 Å². The number of amides is 1. The lowest BCUT2D eigenvalue weighted by atomic mass is 10.2. The van der Waals surface area contributed by atoms with Crippen LogP contribution in [-0.2, 0) is 0 Å². The van der Waals surface area contributed by atoms with E-state index in [4.69, 9.17) is 0 Å². The molecule has 1 fully saturated rings. The molecular weight excluding hydrogens is 208 g/mol. The van der Waals surface area contributed by atoms with Crippen LogP contribution >= 0.6 is 11.8 Å². The molecule has 0 aliphatic carbocycles. The molecule has 0 N–H and O–H groups in total. The zero-order valence-corrected chi connectivity index (χ0v) is 9.59. The minimum Gasteiger partial charge on any atom is -0.337 e. The number of aromatic nitrogens is 1. The predicted molar refractivity (Wildman–Crippen MR) is 62.2 cm³/mol. The molecule has 1 aliphatic heterocycles. The van der Waals surface area contributed by atoms with Gasteiger partial charge in [0, 0.05) is 36.5 Å². The largest absolute Gasteiger partial charge is 0.337 e. The molecule has 0 atom stereocenters. The van der Waals surface area contributed by atoms with Gasteiger partial charge in [-0.05, 0) is 19.1 Å². The molecular formula is C11H14N2OS. The fourth-order valence-electron chi connectivity index (χ4n) is 1.54. The molecule has 2 rings (SSSR count). The van der Waals surface area contributed by atoms with Crippen LogP contribution in [0.2, 0.25) is 0 Å². The molecule has 0 aromatic carbocycles. The van der Waals surface area contributed by atoms with Crippen LogP contribution in [0.25, 0.3) is 0 Å². The highest BCUT2D eigenvalue weighted by Gasteiger charge is 2.18. The summed E-state index contributed by atoms with van der Waals surface area (Å²) < 4.78 is 0. The molecule has 1 saturated heterocycles. The molecule has 15 heavy (non-hydrogen) atoms. The summed E-state index contributed by atoms with van der Waals surface area (Å²) in [5.41, 5.74) is 1.65. The van der Waals surface area contributed by atoms with Crippen molar-refractivity contribution in [3.8, 4) is 0 Å². The lowest BCUT2D eigenvalue weighted by molar-refractivity contribution is 0.0772. The van der Waals surface area contributed by atoms with Crippen LogP contribution in [0.5, 0.6) is 0 Å². The minimum atomic E-state index is 0.114. The average molecular weight is 222 g/mol. The van der Waals surface area contributed by atoms with Crippen molar-refractivity contribution in [3.63, 3.8) is 0 Å². The van der Waals surface area contributed by atoms with Crippen LogP contribution in [0, 0.1) is 6.92 Å². The smallest absolute Gasteiger partial charge is 0.255 e. The van der Waals surface area contributed by atoms with Gasteiger partial charge < -0.3 is 4.90 Å². The average Bonchev–Trinajstić information content (AvgIpc) is 2.30. The summed E-state index contributed by atoms with van der Waals surface area (Å²) in [6.07, 6.45) is 1.67. The topological polar surface area (TPSA) is 33.2 Å². The van der Waals surface area contributed by atoms with Crippen LogP contribution in [0.3, 0.4) is 0 Å². The Kier molecular flexibility index (Phi) is 3.26. The highest BCUT2D eigenvalue weighted by atomic mass is 32.2. The second-order valence-electron chi connectivity index (χ2n) is 3.59. The highest BCUT2D eigenvalue weighted by Crippen LogP contribution is 2.12. The molecule has 0 bridgehead atoms. The van der Waals surface area contributed by atoms with Crippen molar-refractivity contribution in [2.24, 2.45) is 0 Å². The Morgan fingerprint density at radius 1 is 1.40 bits per heavy atom. The van der Waals surface area contributed by atoms with E-state index in [2.05, 4.69) is 4.98 Å². The Labute approximate surface area is 93.9 Å². The Morgan fingerprint density at radius 2 is 2.13 bits per heavy atom. The molecule has 4 heteroatoms. The van der Waals surface area contributed by atoms with Gasteiger partial charge in [-0.3, -0.25) is 9.78 Å². The van der Waals surface area contributed by atoms with Gasteiger partial charge in [0.05, 0.1) is 5.56 Å². The van der Waals surface area contributed by atoms with E-state index < -0.39 is 0 Å². The Balaban J connectivity index is 2.09. The molecule has 80 valence electrons. The lowest BCUT2D eigenvalue weighted by Gasteiger charge is -2.26. The molecule has 0 saturated carbocycles. The number of hydrogen-bond donors (Lipinski definition) is 0. The van der Waals surface area contributed by atoms with E-state index in [9.17, 15) is 4.79 Å². The molecule has 1 aliphatic rings. The quantitative estimate of drug-likeness (QED) is 0.723. The third-order valence-electron chi connectivity index (χ3n) is 2.46. The fraction of sp³-hybridized carbons (Fsp3) is 0.455. The third-order valence-corrected chi connectivity index (χ3v) is 3.40. The number of pyridine rings is 1. The molecule has 1 amide bonds. The van der Waals surface area contributed by atoms with Gasteiger partial charge in [0.25, 0.3) is 5.91 Å². The summed E-state index contributed by atoms with van der Waals surface area (Å²) in [5, 5.41) is 0. The van der Waals surface area contributed by atoms with Gasteiger partial charge in [-0.25, -0.2) is 0 Å². The van der Waals surface area contributed by atoms with Crippen LogP contribution in [0.1, 0.15) is 16.1 Å². The second kappa shape index (κ2) is 4.66. The number of thioether (sulfide) groups is 1. The van der Waals surface area contributed by atoms with Crippen molar-refractivity contribution in [2.45, 2.75) is 6.92 Å². The SMILES string of the molecule is Cc1ccc(C(=O)N2CCSCC2)cn1. The number of aryl methyl sites for hydroxylation is 1. The number of carbonyl (C=O) groups is 1. The Morgan fingerprint density at radius 3 is 2.73 bits per heavy atom. The van der Waals surface area contributed by atoms with E-state index in [1.165, 1.54) is 0 Å². The summed E-state index contributed by atoms with van der Waals surface area (Å²) in [4.78, 5) is 18.0. The van der Waals surface area contributed by atoms with E-state index in [1.54, 1.807) is 6.20 Å². The van der Waals surface area contributed by atoms with Crippen molar-refractivity contribution in [2.75, 3.05) is 24.6 Å². The summed E-state index contributed by atoms with van der Waals surface area (Å²) in [6.45, 7) is 3.64. The van der Waals surface area contributed by atoms with Gasteiger partial charge in [-0.2, -0.15) is 11.8 Å². The van der Waals surface area contributed by atoms with E-state index in [0.29, 0.717) is 5.56 Å².